The third kappa shape index (κ3) is 3.48. The summed E-state index contributed by atoms with van der Waals surface area (Å²) in [5.74, 6) is 0.791. The summed E-state index contributed by atoms with van der Waals surface area (Å²) < 4.78 is 0.937. The fourth-order valence-electron chi connectivity index (χ4n) is 2.20. The second kappa shape index (κ2) is 7.13. The number of rotatable bonds is 5. The normalized spacial score (nSPS) is 11.6. The highest BCUT2D eigenvalue weighted by molar-refractivity contribution is 9.10. The van der Waals surface area contributed by atoms with Gasteiger partial charge in [0.1, 0.15) is 0 Å². The second-order valence-electron chi connectivity index (χ2n) is 4.72. The molecule has 0 radical (unpaired) electrons. The molecule has 0 bridgehead atoms. The topological polar surface area (TPSA) is 12.9 Å². The summed E-state index contributed by atoms with van der Waals surface area (Å²) in [6, 6.07) is 9.73. The molecule has 1 nitrogen and oxygen atoms in total. The van der Waals surface area contributed by atoms with Gasteiger partial charge < -0.3 is 0 Å². The fraction of sp³-hybridized carbons (Fsp3) is 0.267. The van der Waals surface area contributed by atoms with E-state index in [0.29, 0.717) is 23.2 Å². The van der Waals surface area contributed by atoms with Crippen LogP contribution >= 0.6 is 50.7 Å². The lowest BCUT2D eigenvalue weighted by atomic mass is 9.79. The lowest BCUT2D eigenvalue weighted by Gasteiger charge is -2.31. The van der Waals surface area contributed by atoms with E-state index < -0.39 is 5.41 Å². The number of alkyl halides is 2. The average Bonchev–Trinajstić information content (AvgIpc) is 2.46. The van der Waals surface area contributed by atoms with E-state index in [9.17, 15) is 0 Å². The number of aromatic nitrogens is 1. The van der Waals surface area contributed by atoms with Crippen molar-refractivity contribution < 1.29 is 0 Å². The maximum atomic E-state index is 6.32. The first kappa shape index (κ1) is 16.1. The van der Waals surface area contributed by atoms with Gasteiger partial charge in [-0.1, -0.05) is 29.8 Å². The summed E-state index contributed by atoms with van der Waals surface area (Å²) in [7, 11) is 0. The molecule has 0 saturated carbocycles. The highest BCUT2D eigenvalue weighted by atomic mass is 79.9. The highest BCUT2D eigenvalue weighted by Gasteiger charge is 2.33. The van der Waals surface area contributed by atoms with Crippen LogP contribution in [0.1, 0.15) is 11.1 Å². The Morgan fingerprint density at radius 2 is 1.80 bits per heavy atom. The molecule has 1 heterocycles. The molecule has 2 aromatic rings. The highest BCUT2D eigenvalue weighted by Crippen LogP contribution is 2.36. The van der Waals surface area contributed by atoms with Crippen molar-refractivity contribution in [2.45, 2.75) is 11.8 Å². The number of halogens is 4. The Bertz CT molecular complexity index is 585. The van der Waals surface area contributed by atoms with E-state index >= 15 is 0 Å². The number of nitrogens with zero attached hydrogens (tertiary/aromatic N) is 1. The lowest BCUT2D eigenvalue weighted by molar-refractivity contribution is 0.535. The predicted octanol–water partition coefficient (Wildman–Crippen LogP) is 5.46. The first-order valence-electron chi connectivity index (χ1n) is 6.08. The van der Waals surface area contributed by atoms with Gasteiger partial charge in [-0.25, -0.2) is 0 Å². The summed E-state index contributed by atoms with van der Waals surface area (Å²) in [5, 5.41) is 0.691. The molecule has 1 aromatic carbocycles. The van der Waals surface area contributed by atoms with E-state index in [0.717, 1.165) is 15.6 Å². The second-order valence-corrected chi connectivity index (χ2v) is 6.57. The third-order valence-electron chi connectivity index (χ3n) is 3.26. The molecule has 1 aromatic heterocycles. The Kier molecular flexibility index (Phi) is 5.74. The van der Waals surface area contributed by atoms with Gasteiger partial charge >= 0.3 is 0 Å². The van der Waals surface area contributed by atoms with Crippen LogP contribution in [0.5, 0.6) is 0 Å². The van der Waals surface area contributed by atoms with Crippen molar-refractivity contribution in [1.29, 1.82) is 0 Å². The van der Waals surface area contributed by atoms with E-state index in [1.165, 1.54) is 0 Å². The molecular weight excluding hydrogens is 380 g/mol. The molecule has 5 heteroatoms. The molecule has 2 rings (SSSR count). The van der Waals surface area contributed by atoms with Gasteiger partial charge in [0.25, 0.3) is 0 Å². The molecular formula is C15H13BrCl3N. The number of hydrogen-bond acceptors (Lipinski definition) is 1. The number of hydrogen-bond donors (Lipinski definition) is 0. The standard InChI is InChI=1S/C15H13BrCl3N/c16-12-5-11(7-20-8-12)6-15(9-17,10-18)13-3-1-2-4-14(13)19/h1-5,7-8H,6,9-10H2. The predicted molar refractivity (Wildman–Crippen MR) is 90.2 cm³/mol. The van der Waals surface area contributed by atoms with Crippen LogP contribution in [0.3, 0.4) is 0 Å². The van der Waals surface area contributed by atoms with E-state index in [1.807, 2.05) is 36.5 Å². The van der Waals surface area contributed by atoms with Crippen LogP contribution in [0.25, 0.3) is 0 Å². The van der Waals surface area contributed by atoms with Crippen LogP contribution in [-0.4, -0.2) is 16.7 Å². The fourth-order valence-corrected chi connectivity index (χ4v) is 3.72. The number of pyridine rings is 1. The molecule has 0 N–H and O–H groups in total. The molecule has 0 aliphatic heterocycles. The van der Waals surface area contributed by atoms with Gasteiger partial charge in [0, 0.05) is 39.1 Å². The van der Waals surface area contributed by atoms with Crippen molar-refractivity contribution in [3.05, 3.63) is 63.3 Å². The molecule has 0 atom stereocenters. The zero-order valence-electron chi connectivity index (χ0n) is 10.6. The molecule has 0 saturated heterocycles. The smallest absolute Gasteiger partial charge is 0.0444 e. The van der Waals surface area contributed by atoms with Crippen LogP contribution in [0, 0.1) is 0 Å². The lowest BCUT2D eigenvalue weighted by Crippen LogP contribution is -2.33. The maximum Gasteiger partial charge on any atom is 0.0444 e. The summed E-state index contributed by atoms with van der Waals surface area (Å²) >= 11 is 22.2. The minimum absolute atomic E-state index is 0.396. The van der Waals surface area contributed by atoms with Crippen molar-refractivity contribution in [2.24, 2.45) is 0 Å². The van der Waals surface area contributed by atoms with Gasteiger partial charge in [-0.3, -0.25) is 4.98 Å². The molecule has 0 aliphatic carbocycles. The quantitative estimate of drug-likeness (QED) is 0.615. The minimum Gasteiger partial charge on any atom is -0.263 e. The van der Waals surface area contributed by atoms with Crippen LogP contribution in [0.2, 0.25) is 5.02 Å². The largest absolute Gasteiger partial charge is 0.263 e. The monoisotopic (exact) mass is 391 g/mol. The van der Waals surface area contributed by atoms with Crippen LogP contribution in [-0.2, 0) is 11.8 Å². The van der Waals surface area contributed by atoms with Crippen molar-refractivity contribution >= 4 is 50.7 Å². The first-order chi connectivity index (χ1) is 9.61. The molecule has 0 unspecified atom stereocenters. The third-order valence-corrected chi connectivity index (χ3v) is 5.05. The molecule has 106 valence electrons. The summed E-state index contributed by atoms with van der Waals surface area (Å²) in [4.78, 5) is 4.19. The number of benzene rings is 1. The van der Waals surface area contributed by atoms with E-state index in [2.05, 4.69) is 20.9 Å². The summed E-state index contributed by atoms with van der Waals surface area (Å²) in [6.07, 6.45) is 4.27. The van der Waals surface area contributed by atoms with Crippen LogP contribution in [0.15, 0.2) is 47.2 Å². The van der Waals surface area contributed by atoms with Crippen molar-refractivity contribution in [3.8, 4) is 0 Å². The van der Waals surface area contributed by atoms with Crippen LogP contribution < -0.4 is 0 Å². The zero-order chi connectivity index (χ0) is 14.6. The minimum atomic E-state index is -0.399. The zero-order valence-corrected chi connectivity index (χ0v) is 14.5. The van der Waals surface area contributed by atoms with Crippen molar-refractivity contribution in [2.75, 3.05) is 11.8 Å². The Balaban J connectivity index is 2.42. The molecule has 0 aliphatic rings. The average molecular weight is 394 g/mol. The Hall–Kier alpha value is -0.280. The molecule has 0 amide bonds. The van der Waals surface area contributed by atoms with E-state index in [4.69, 9.17) is 34.8 Å². The van der Waals surface area contributed by atoms with Crippen molar-refractivity contribution in [3.63, 3.8) is 0 Å². The molecule has 0 spiro atoms. The summed E-state index contributed by atoms with van der Waals surface area (Å²) in [6.45, 7) is 0. The van der Waals surface area contributed by atoms with Gasteiger partial charge in [-0.15, -0.1) is 23.2 Å². The van der Waals surface area contributed by atoms with Gasteiger partial charge in [0.15, 0.2) is 0 Å². The summed E-state index contributed by atoms with van der Waals surface area (Å²) in [5.41, 5.74) is 1.65. The van der Waals surface area contributed by atoms with Gasteiger partial charge in [0.2, 0.25) is 0 Å². The Labute approximate surface area is 142 Å². The van der Waals surface area contributed by atoms with Crippen molar-refractivity contribution in [1.82, 2.24) is 4.98 Å². The maximum absolute atomic E-state index is 6.32. The SMILES string of the molecule is ClCC(CCl)(Cc1cncc(Br)c1)c1ccccc1Cl. The Morgan fingerprint density at radius 1 is 1.10 bits per heavy atom. The molecule has 20 heavy (non-hydrogen) atoms. The molecule has 0 fully saturated rings. The van der Waals surface area contributed by atoms with E-state index in [-0.39, 0.29) is 0 Å². The van der Waals surface area contributed by atoms with Gasteiger partial charge in [-0.05, 0) is 45.6 Å². The van der Waals surface area contributed by atoms with E-state index in [1.54, 1.807) is 6.20 Å². The van der Waals surface area contributed by atoms with Gasteiger partial charge in [0.05, 0.1) is 0 Å². The van der Waals surface area contributed by atoms with Gasteiger partial charge in [-0.2, -0.15) is 0 Å². The first-order valence-corrected chi connectivity index (χ1v) is 8.32. The Morgan fingerprint density at radius 3 is 2.40 bits per heavy atom. The van der Waals surface area contributed by atoms with Crippen LogP contribution in [0.4, 0.5) is 0 Å².